The van der Waals surface area contributed by atoms with Crippen molar-refractivity contribution in [3.8, 4) is 0 Å². The number of aryl methyl sites for hydroxylation is 1. The molecule has 0 radical (unpaired) electrons. The minimum Gasteiger partial charge on any atom is -0.360 e. The maximum Gasteiger partial charge on any atom is 0.170 e. The first-order valence-electron chi connectivity index (χ1n) is 7.99. The molecule has 0 bridgehead atoms. The van der Waals surface area contributed by atoms with Crippen molar-refractivity contribution in [1.29, 1.82) is 0 Å². The Bertz CT molecular complexity index is 465. The van der Waals surface area contributed by atoms with Gasteiger partial charge in [-0.05, 0) is 68.3 Å². The highest BCUT2D eigenvalue weighted by Crippen LogP contribution is 2.37. The maximum absolute atomic E-state index is 5.43. The van der Waals surface area contributed by atoms with Gasteiger partial charge < -0.3 is 10.6 Å². The molecule has 116 valence electrons. The average molecular weight is 305 g/mol. The SMILES string of the molecule is Cc1ccc(NC(=S)NC2CCC(C(C)(C)C)CC2)cc1. The van der Waals surface area contributed by atoms with Crippen molar-refractivity contribution in [1.82, 2.24) is 5.32 Å². The molecular weight excluding hydrogens is 276 g/mol. The van der Waals surface area contributed by atoms with Crippen LogP contribution in [0.4, 0.5) is 5.69 Å². The van der Waals surface area contributed by atoms with Crippen LogP contribution in [-0.2, 0) is 0 Å². The highest BCUT2D eigenvalue weighted by atomic mass is 32.1. The zero-order valence-corrected chi connectivity index (χ0v) is 14.5. The van der Waals surface area contributed by atoms with Crippen LogP contribution in [0.15, 0.2) is 24.3 Å². The predicted octanol–water partition coefficient (Wildman–Crippen LogP) is 4.89. The second-order valence-electron chi connectivity index (χ2n) is 7.38. The number of rotatable bonds is 2. The highest BCUT2D eigenvalue weighted by molar-refractivity contribution is 7.80. The molecule has 0 unspecified atom stereocenters. The zero-order chi connectivity index (χ0) is 15.5. The Morgan fingerprint density at radius 3 is 2.14 bits per heavy atom. The second kappa shape index (κ2) is 6.78. The van der Waals surface area contributed by atoms with Crippen molar-refractivity contribution in [2.75, 3.05) is 5.32 Å². The molecule has 1 aromatic carbocycles. The monoisotopic (exact) mass is 304 g/mol. The molecule has 1 fully saturated rings. The third kappa shape index (κ3) is 4.99. The lowest BCUT2D eigenvalue weighted by molar-refractivity contribution is 0.166. The summed E-state index contributed by atoms with van der Waals surface area (Å²) < 4.78 is 0. The van der Waals surface area contributed by atoms with E-state index in [1.807, 2.05) is 0 Å². The van der Waals surface area contributed by atoms with Crippen molar-refractivity contribution < 1.29 is 0 Å². The molecule has 0 atom stereocenters. The minimum absolute atomic E-state index is 0.436. The van der Waals surface area contributed by atoms with E-state index in [0.717, 1.165) is 16.7 Å². The fourth-order valence-corrected chi connectivity index (χ4v) is 3.38. The van der Waals surface area contributed by atoms with Gasteiger partial charge in [-0.1, -0.05) is 38.5 Å². The first-order chi connectivity index (χ1) is 9.84. The maximum atomic E-state index is 5.43. The Labute approximate surface area is 134 Å². The quantitative estimate of drug-likeness (QED) is 0.761. The molecule has 1 saturated carbocycles. The number of hydrogen-bond donors (Lipinski definition) is 2. The molecule has 1 aliphatic rings. The van der Waals surface area contributed by atoms with Crippen molar-refractivity contribution in [2.45, 2.75) is 59.4 Å². The molecule has 1 aromatic rings. The molecule has 0 saturated heterocycles. The summed E-state index contributed by atoms with van der Waals surface area (Å²) in [6.45, 7) is 9.16. The summed E-state index contributed by atoms with van der Waals surface area (Å²) in [5, 5.41) is 7.50. The van der Waals surface area contributed by atoms with Crippen LogP contribution >= 0.6 is 12.2 Å². The molecule has 2 nitrogen and oxygen atoms in total. The van der Waals surface area contributed by atoms with Gasteiger partial charge in [0, 0.05) is 11.7 Å². The first-order valence-corrected chi connectivity index (χ1v) is 8.39. The molecule has 2 rings (SSSR count). The summed E-state index contributed by atoms with van der Waals surface area (Å²) in [4.78, 5) is 0. The molecular formula is C18H28N2S. The molecule has 0 spiro atoms. The topological polar surface area (TPSA) is 24.1 Å². The van der Waals surface area contributed by atoms with Gasteiger partial charge in [-0.15, -0.1) is 0 Å². The Kier molecular flexibility index (Phi) is 5.26. The predicted molar refractivity (Wildman–Crippen MR) is 95.7 cm³/mol. The Morgan fingerprint density at radius 1 is 1.05 bits per heavy atom. The molecule has 1 aliphatic carbocycles. The van der Waals surface area contributed by atoms with E-state index in [9.17, 15) is 0 Å². The van der Waals surface area contributed by atoms with E-state index in [0.29, 0.717) is 11.5 Å². The fraction of sp³-hybridized carbons (Fsp3) is 0.611. The van der Waals surface area contributed by atoms with Crippen molar-refractivity contribution in [2.24, 2.45) is 11.3 Å². The van der Waals surface area contributed by atoms with Gasteiger partial charge >= 0.3 is 0 Å². The number of hydrogen-bond acceptors (Lipinski definition) is 1. The molecule has 0 amide bonds. The third-order valence-electron chi connectivity index (χ3n) is 4.60. The van der Waals surface area contributed by atoms with Crippen LogP contribution in [0.25, 0.3) is 0 Å². The molecule has 0 aromatic heterocycles. The van der Waals surface area contributed by atoms with Crippen LogP contribution in [0.2, 0.25) is 0 Å². The highest BCUT2D eigenvalue weighted by Gasteiger charge is 2.29. The second-order valence-corrected chi connectivity index (χ2v) is 7.79. The zero-order valence-electron chi connectivity index (χ0n) is 13.7. The van der Waals surface area contributed by atoms with E-state index >= 15 is 0 Å². The number of nitrogens with one attached hydrogen (secondary N) is 2. The van der Waals surface area contributed by atoms with Crippen LogP contribution in [0.5, 0.6) is 0 Å². The van der Waals surface area contributed by atoms with Gasteiger partial charge in [-0.2, -0.15) is 0 Å². The van der Waals surface area contributed by atoms with E-state index < -0.39 is 0 Å². The first kappa shape index (κ1) is 16.3. The summed E-state index contributed by atoms with van der Waals surface area (Å²) in [5.74, 6) is 0.842. The van der Waals surface area contributed by atoms with Crippen molar-refractivity contribution in [3.63, 3.8) is 0 Å². The van der Waals surface area contributed by atoms with Crippen LogP contribution in [0, 0.1) is 18.3 Å². The standard InChI is InChI=1S/C18H28N2S/c1-13-5-9-15(10-6-13)19-17(21)20-16-11-7-14(8-12-16)18(2,3)4/h5-6,9-10,14,16H,7-8,11-12H2,1-4H3,(H2,19,20,21). The van der Waals surface area contributed by atoms with Gasteiger partial charge in [0.25, 0.3) is 0 Å². The lowest BCUT2D eigenvalue weighted by Gasteiger charge is -2.37. The third-order valence-corrected chi connectivity index (χ3v) is 4.82. The van der Waals surface area contributed by atoms with E-state index in [2.05, 4.69) is 62.6 Å². The van der Waals surface area contributed by atoms with Crippen molar-refractivity contribution >= 4 is 23.0 Å². The number of benzene rings is 1. The van der Waals surface area contributed by atoms with E-state index in [-0.39, 0.29) is 0 Å². The fourth-order valence-electron chi connectivity index (χ4n) is 3.09. The minimum atomic E-state index is 0.436. The van der Waals surface area contributed by atoms with Crippen LogP contribution < -0.4 is 10.6 Å². The van der Waals surface area contributed by atoms with E-state index in [4.69, 9.17) is 12.2 Å². The molecule has 21 heavy (non-hydrogen) atoms. The summed E-state index contributed by atoms with van der Waals surface area (Å²) in [7, 11) is 0. The van der Waals surface area contributed by atoms with Crippen molar-refractivity contribution in [3.05, 3.63) is 29.8 Å². The number of anilines is 1. The number of thiocarbonyl (C=S) groups is 1. The summed E-state index contributed by atoms with van der Waals surface area (Å²) >= 11 is 5.43. The van der Waals surface area contributed by atoms with Gasteiger partial charge in [0.1, 0.15) is 0 Å². The van der Waals surface area contributed by atoms with E-state index in [1.165, 1.54) is 31.2 Å². The van der Waals surface area contributed by atoms with Gasteiger partial charge in [-0.25, -0.2) is 0 Å². The Balaban J connectivity index is 1.78. The van der Waals surface area contributed by atoms with Crippen LogP contribution in [0.3, 0.4) is 0 Å². The van der Waals surface area contributed by atoms with Gasteiger partial charge in [-0.3, -0.25) is 0 Å². The lowest BCUT2D eigenvalue weighted by Crippen LogP contribution is -2.41. The summed E-state index contributed by atoms with van der Waals surface area (Å²) in [6.07, 6.45) is 5.04. The Morgan fingerprint density at radius 2 is 1.62 bits per heavy atom. The Hall–Kier alpha value is -1.09. The molecule has 3 heteroatoms. The molecule has 2 N–H and O–H groups in total. The lowest BCUT2D eigenvalue weighted by atomic mass is 9.71. The van der Waals surface area contributed by atoms with E-state index in [1.54, 1.807) is 0 Å². The normalized spacial score (nSPS) is 22.7. The molecule has 0 heterocycles. The van der Waals surface area contributed by atoms with Gasteiger partial charge in [0.2, 0.25) is 0 Å². The summed E-state index contributed by atoms with van der Waals surface area (Å²) in [6, 6.07) is 8.85. The van der Waals surface area contributed by atoms with Crippen LogP contribution in [-0.4, -0.2) is 11.2 Å². The van der Waals surface area contributed by atoms with Gasteiger partial charge in [0.15, 0.2) is 5.11 Å². The summed E-state index contributed by atoms with van der Waals surface area (Å²) in [5.41, 5.74) is 2.76. The molecule has 0 aliphatic heterocycles. The van der Waals surface area contributed by atoms with Crippen LogP contribution in [0.1, 0.15) is 52.0 Å². The smallest absolute Gasteiger partial charge is 0.170 e. The largest absolute Gasteiger partial charge is 0.360 e. The average Bonchev–Trinajstić information content (AvgIpc) is 2.41. The van der Waals surface area contributed by atoms with Gasteiger partial charge in [0.05, 0.1) is 0 Å².